The highest BCUT2D eigenvalue weighted by atomic mass is 32.1. The molecule has 2 aromatic rings. The van der Waals surface area contributed by atoms with Crippen molar-refractivity contribution >= 4 is 17.0 Å². The van der Waals surface area contributed by atoms with E-state index in [1.54, 1.807) is 11.3 Å². The van der Waals surface area contributed by atoms with Crippen molar-refractivity contribution in [3.63, 3.8) is 0 Å². The number of hydrogen-bond acceptors (Lipinski definition) is 4. The Balaban J connectivity index is 1.90. The Kier molecular flexibility index (Phi) is 4.23. The summed E-state index contributed by atoms with van der Waals surface area (Å²) in [5.74, 6) is 0. The third kappa shape index (κ3) is 3.26. The summed E-state index contributed by atoms with van der Waals surface area (Å²) in [5, 5.41) is 14.7. The van der Waals surface area contributed by atoms with Crippen molar-refractivity contribution in [2.24, 2.45) is 0 Å². The number of nitriles is 1. The molecule has 0 atom stereocenters. The number of rotatable bonds is 6. The zero-order valence-electron chi connectivity index (χ0n) is 12.2. The number of anilines is 1. The lowest BCUT2D eigenvalue weighted by Crippen LogP contribution is -2.25. The van der Waals surface area contributed by atoms with Crippen molar-refractivity contribution in [3.8, 4) is 6.07 Å². The van der Waals surface area contributed by atoms with E-state index in [1.165, 1.54) is 17.7 Å². The highest BCUT2D eigenvalue weighted by molar-refractivity contribution is 7.09. The van der Waals surface area contributed by atoms with Gasteiger partial charge >= 0.3 is 0 Å². The third-order valence-electron chi connectivity index (χ3n) is 3.77. The van der Waals surface area contributed by atoms with Crippen LogP contribution in [-0.4, -0.2) is 13.1 Å². The van der Waals surface area contributed by atoms with Crippen molar-refractivity contribution < 1.29 is 0 Å². The van der Waals surface area contributed by atoms with E-state index >= 15 is 0 Å². The Morgan fingerprint density at radius 1 is 1.38 bits per heavy atom. The molecule has 1 aliphatic carbocycles. The maximum atomic E-state index is 9.49. The molecule has 0 radical (unpaired) electrons. The van der Waals surface area contributed by atoms with Crippen molar-refractivity contribution in [2.45, 2.75) is 32.0 Å². The predicted octanol–water partition coefficient (Wildman–Crippen LogP) is 3.51. The third-order valence-corrected chi connectivity index (χ3v) is 4.63. The topological polar surface area (TPSA) is 39.1 Å². The monoisotopic (exact) mass is 297 g/mol. The summed E-state index contributed by atoms with van der Waals surface area (Å²) in [6, 6.07) is 13.5. The molecular weight excluding hydrogens is 278 g/mol. The van der Waals surface area contributed by atoms with E-state index in [9.17, 15) is 5.26 Å². The van der Waals surface area contributed by atoms with Gasteiger partial charge < -0.3 is 10.2 Å². The summed E-state index contributed by atoms with van der Waals surface area (Å²) in [5.41, 5.74) is 3.02. The van der Waals surface area contributed by atoms with Crippen LogP contribution in [0.5, 0.6) is 0 Å². The maximum absolute atomic E-state index is 9.49. The smallest absolute Gasteiger partial charge is 0.101 e. The van der Waals surface area contributed by atoms with Crippen LogP contribution < -0.4 is 10.2 Å². The van der Waals surface area contributed by atoms with E-state index < -0.39 is 0 Å². The normalized spacial score (nSPS) is 13.9. The highest BCUT2D eigenvalue weighted by Crippen LogP contribution is 2.35. The molecule has 108 valence electrons. The van der Waals surface area contributed by atoms with Gasteiger partial charge in [-0.15, -0.1) is 11.3 Å². The van der Waals surface area contributed by atoms with Gasteiger partial charge in [0.05, 0.1) is 17.8 Å². The molecule has 3 rings (SSSR count). The van der Waals surface area contributed by atoms with Gasteiger partial charge in [-0.2, -0.15) is 5.26 Å². The van der Waals surface area contributed by atoms with Crippen LogP contribution in [0, 0.1) is 11.3 Å². The molecule has 0 aliphatic heterocycles. The fraction of sp³-hybridized carbons (Fsp3) is 0.353. The van der Waals surface area contributed by atoms with Crippen molar-refractivity contribution in [2.75, 3.05) is 11.9 Å². The second-order valence-electron chi connectivity index (χ2n) is 5.43. The summed E-state index contributed by atoms with van der Waals surface area (Å²) in [6.45, 7) is 1.70. The van der Waals surface area contributed by atoms with Crippen LogP contribution in [-0.2, 0) is 13.1 Å². The predicted molar refractivity (Wildman–Crippen MR) is 87.4 cm³/mol. The minimum Gasteiger partial charge on any atom is -0.362 e. The van der Waals surface area contributed by atoms with E-state index in [1.807, 2.05) is 13.1 Å². The van der Waals surface area contributed by atoms with E-state index in [2.05, 4.69) is 45.9 Å². The second-order valence-corrected chi connectivity index (χ2v) is 6.46. The van der Waals surface area contributed by atoms with Crippen LogP contribution in [0.4, 0.5) is 5.69 Å². The minimum absolute atomic E-state index is 0.592. The Morgan fingerprint density at radius 3 is 2.86 bits per heavy atom. The maximum Gasteiger partial charge on any atom is 0.101 e. The molecule has 0 amide bonds. The Bertz CT molecular complexity index is 639. The van der Waals surface area contributed by atoms with Crippen LogP contribution >= 0.6 is 11.3 Å². The van der Waals surface area contributed by atoms with E-state index in [-0.39, 0.29) is 0 Å². The first-order valence-corrected chi connectivity index (χ1v) is 8.16. The molecule has 1 aromatic carbocycles. The number of hydrogen-bond donors (Lipinski definition) is 1. The average Bonchev–Trinajstić information content (AvgIpc) is 3.22. The van der Waals surface area contributed by atoms with Gasteiger partial charge in [0, 0.05) is 17.5 Å². The molecule has 0 unspecified atom stereocenters. The molecule has 0 spiro atoms. The van der Waals surface area contributed by atoms with E-state index in [0.29, 0.717) is 6.04 Å². The SMILES string of the molecule is CNCc1ccc(N(Cc2cccs2)C2CC2)c(C#N)c1. The molecule has 1 N–H and O–H groups in total. The van der Waals surface area contributed by atoms with Gasteiger partial charge in [-0.25, -0.2) is 0 Å². The molecule has 1 heterocycles. The fourth-order valence-corrected chi connectivity index (χ4v) is 3.31. The quantitative estimate of drug-likeness (QED) is 0.887. The molecule has 4 heteroatoms. The molecule has 3 nitrogen and oxygen atoms in total. The lowest BCUT2D eigenvalue weighted by Gasteiger charge is -2.25. The summed E-state index contributed by atoms with van der Waals surface area (Å²) in [4.78, 5) is 3.75. The van der Waals surface area contributed by atoms with Gasteiger partial charge in [0.15, 0.2) is 0 Å². The molecular formula is C17H19N3S. The summed E-state index contributed by atoms with van der Waals surface area (Å²) >= 11 is 1.78. The zero-order valence-corrected chi connectivity index (χ0v) is 13.0. The van der Waals surface area contributed by atoms with Gasteiger partial charge in [0.25, 0.3) is 0 Å². The number of nitrogens with zero attached hydrogens (tertiary/aromatic N) is 2. The first-order valence-electron chi connectivity index (χ1n) is 7.28. The second kappa shape index (κ2) is 6.30. The number of nitrogens with one attached hydrogen (secondary N) is 1. The Morgan fingerprint density at radius 2 is 2.24 bits per heavy atom. The van der Waals surface area contributed by atoms with Crippen LogP contribution in [0.3, 0.4) is 0 Å². The van der Waals surface area contributed by atoms with E-state index in [4.69, 9.17) is 0 Å². The first kappa shape index (κ1) is 14.1. The van der Waals surface area contributed by atoms with E-state index in [0.717, 1.165) is 29.9 Å². The highest BCUT2D eigenvalue weighted by Gasteiger charge is 2.30. The van der Waals surface area contributed by atoms with Crippen LogP contribution in [0.2, 0.25) is 0 Å². The largest absolute Gasteiger partial charge is 0.362 e. The van der Waals surface area contributed by atoms with Crippen molar-refractivity contribution in [1.82, 2.24) is 5.32 Å². The molecule has 1 aromatic heterocycles. The minimum atomic E-state index is 0.592. The zero-order chi connectivity index (χ0) is 14.7. The average molecular weight is 297 g/mol. The lowest BCUT2D eigenvalue weighted by atomic mass is 10.1. The first-order chi connectivity index (χ1) is 10.3. The van der Waals surface area contributed by atoms with Gasteiger partial charge in [0.1, 0.15) is 6.07 Å². The molecule has 21 heavy (non-hydrogen) atoms. The molecule has 0 saturated heterocycles. The molecule has 1 fully saturated rings. The molecule has 0 bridgehead atoms. The van der Waals surface area contributed by atoms with Crippen molar-refractivity contribution in [1.29, 1.82) is 5.26 Å². The molecule has 1 aliphatic rings. The Labute approximate surface area is 129 Å². The van der Waals surface area contributed by atoms with Gasteiger partial charge in [0.2, 0.25) is 0 Å². The number of benzene rings is 1. The lowest BCUT2D eigenvalue weighted by molar-refractivity contribution is 0.796. The standard InChI is InChI=1S/C17H19N3S/c1-19-11-13-4-7-17(14(9-13)10-18)20(15-5-6-15)12-16-3-2-8-21-16/h2-4,7-9,15,19H,5-6,11-12H2,1H3. The van der Waals surface area contributed by atoms with Gasteiger partial charge in [-0.05, 0) is 49.0 Å². The molecule has 1 saturated carbocycles. The Hall–Kier alpha value is -1.83. The van der Waals surface area contributed by atoms with Gasteiger partial charge in [-0.3, -0.25) is 0 Å². The summed E-state index contributed by atoms with van der Waals surface area (Å²) < 4.78 is 0. The van der Waals surface area contributed by atoms with Crippen LogP contribution in [0.15, 0.2) is 35.7 Å². The van der Waals surface area contributed by atoms with Crippen LogP contribution in [0.1, 0.15) is 28.8 Å². The number of thiophene rings is 1. The fourth-order valence-electron chi connectivity index (χ4n) is 2.60. The summed E-state index contributed by atoms with van der Waals surface area (Å²) in [6.07, 6.45) is 2.46. The van der Waals surface area contributed by atoms with Gasteiger partial charge in [-0.1, -0.05) is 12.1 Å². The van der Waals surface area contributed by atoms with Crippen LogP contribution in [0.25, 0.3) is 0 Å². The summed E-state index contributed by atoms with van der Waals surface area (Å²) in [7, 11) is 1.92. The van der Waals surface area contributed by atoms with Crippen molar-refractivity contribution in [3.05, 3.63) is 51.7 Å².